The van der Waals surface area contributed by atoms with Gasteiger partial charge in [-0.05, 0) is 16.8 Å². The van der Waals surface area contributed by atoms with E-state index in [0.717, 1.165) is 16.3 Å². The van der Waals surface area contributed by atoms with Crippen molar-refractivity contribution in [2.24, 2.45) is 0 Å². The Morgan fingerprint density at radius 1 is 1.27 bits per heavy atom. The molecule has 1 aliphatic heterocycles. The first kappa shape index (κ1) is 18.4. The molecule has 0 radical (unpaired) electrons. The molecule has 26 heavy (non-hydrogen) atoms. The molecule has 2 aromatic carbocycles. The summed E-state index contributed by atoms with van der Waals surface area (Å²) in [7, 11) is 0. The fourth-order valence-corrected chi connectivity index (χ4v) is 3.46. The molecule has 1 saturated heterocycles. The van der Waals surface area contributed by atoms with Crippen LogP contribution in [-0.4, -0.2) is 42.8 Å². The van der Waals surface area contributed by atoms with Crippen LogP contribution in [0.1, 0.15) is 31.4 Å². The molecule has 1 N–H and O–H groups in total. The fraction of sp³-hybridized carbons (Fsp3) is 0.400. The molecule has 0 saturated carbocycles. The van der Waals surface area contributed by atoms with Crippen LogP contribution in [0, 0.1) is 0 Å². The minimum Gasteiger partial charge on any atom is -0.486 e. The summed E-state index contributed by atoms with van der Waals surface area (Å²) < 4.78 is 17.0. The second-order valence-electron chi connectivity index (χ2n) is 6.31. The number of ether oxygens (including phenoxy) is 3. The summed E-state index contributed by atoms with van der Waals surface area (Å²) in [5.74, 6) is 0.198. The van der Waals surface area contributed by atoms with Crippen LogP contribution in [0.25, 0.3) is 10.8 Å². The number of aldehydes is 1. The van der Waals surface area contributed by atoms with E-state index < -0.39 is 12.2 Å². The van der Waals surface area contributed by atoms with Crippen molar-refractivity contribution in [3.05, 3.63) is 42.0 Å². The smallest absolute Gasteiger partial charge is 0.302 e. The van der Waals surface area contributed by atoms with Crippen molar-refractivity contribution >= 4 is 23.0 Å². The van der Waals surface area contributed by atoms with E-state index in [9.17, 15) is 14.7 Å². The summed E-state index contributed by atoms with van der Waals surface area (Å²) in [5, 5.41) is 11.5. The highest BCUT2D eigenvalue weighted by molar-refractivity contribution is 5.88. The number of benzene rings is 2. The Morgan fingerprint density at radius 2 is 2.08 bits per heavy atom. The normalized spacial score (nSPS) is 22.8. The predicted octanol–water partition coefficient (Wildman–Crippen LogP) is 2.56. The van der Waals surface area contributed by atoms with E-state index >= 15 is 0 Å². The zero-order valence-electron chi connectivity index (χ0n) is 14.6. The largest absolute Gasteiger partial charge is 0.486 e. The molecular weight excluding hydrogens is 336 g/mol. The van der Waals surface area contributed by atoms with Crippen molar-refractivity contribution in [1.82, 2.24) is 0 Å². The van der Waals surface area contributed by atoms with Gasteiger partial charge in [-0.15, -0.1) is 0 Å². The molecule has 0 bridgehead atoms. The van der Waals surface area contributed by atoms with E-state index in [2.05, 4.69) is 0 Å². The molecule has 3 unspecified atom stereocenters. The van der Waals surface area contributed by atoms with Crippen molar-refractivity contribution in [2.75, 3.05) is 13.2 Å². The molecule has 3 atom stereocenters. The average molecular weight is 358 g/mol. The molecule has 1 fully saturated rings. The van der Waals surface area contributed by atoms with Gasteiger partial charge in [-0.3, -0.25) is 9.59 Å². The molecule has 1 aliphatic rings. The average Bonchev–Trinajstić information content (AvgIpc) is 2.64. The van der Waals surface area contributed by atoms with Gasteiger partial charge in [0.25, 0.3) is 0 Å². The number of hydrogen-bond donors (Lipinski definition) is 1. The highest BCUT2D eigenvalue weighted by Crippen LogP contribution is 2.41. The Balaban J connectivity index is 2.02. The highest BCUT2D eigenvalue weighted by atomic mass is 16.6. The fourth-order valence-electron chi connectivity index (χ4n) is 3.46. The number of carbonyl (C=O) groups is 2. The maximum absolute atomic E-state index is 11.4. The predicted molar refractivity (Wildman–Crippen MR) is 95.0 cm³/mol. The van der Waals surface area contributed by atoms with E-state index in [0.29, 0.717) is 24.9 Å². The summed E-state index contributed by atoms with van der Waals surface area (Å²) in [6.07, 6.45) is 0.401. The number of hydrogen-bond acceptors (Lipinski definition) is 6. The number of rotatable bonds is 6. The van der Waals surface area contributed by atoms with Crippen LogP contribution in [-0.2, 0) is 19.1 Å². The van der Waals surface area contributed by atoms with Gasteiger partial charge in [0.1, 0.15) is 18.5 Å². The van der Waals surface area contributed by atoms with E-state index in [1.165, 1.54) is 6.92 Å². The lowest BCUT2D eigenvalue weighted by molar-refractivity contribution is -0.162. The van der Waals surface area contributed by atoms with Gasteiger partial charge in [0.2, 0.25) is 0 Å². The van der Waals surface area contributed by atoms with Crippen molar-refractivity contribution in [1.29, 1.82) is 0 Å². The Labute approximate surface area is 151 Å². The van der Waals surface area contributed by atoms with Crippen molar-refractivity contribution in [3.63, 3.8) is 0 Å². The quantitative estimate of drug-likeness (QED) is 0.631. The van der Waals surface area contributed by atoms with Gasteiger partial charge in [0.05, 0.1) is 18.8 Å². The minimum atomic E-state index is -0.434. The first-order valence-electron chi connectivity index (χ1n) is 8.64. The van der Waals surface area contributed by atoms with Crippen LogP contribution in [0.5, 0.6) is 5.75 Å². The summed E-state index contributed by atoms with van der Waals surface area (Å²) in [4.78, 5) is 22.1. The zero-order chi connectivity index (χ0) is 18.5. The molecular formula is C20H22O6. The Kier molecular flexibility index (Phi) is 5.85. The van der Waals surface area contributed by atoms with Gasteiger partial charge in [0, 0.05) is 25.3 Å². The maximum atomic E-state index is 11.4. The number of aliphatic hydroxyl groups excluding tert-OH is 1. The van der Waals surface area contributed by atoms with E-state index in [4.69, 9.17) is 14.2 Å². The van der Waals surface area contributed by atoms with Gasteiger partial charge < -0.3 is 19.3 Å². The molecule has 0 aromatic heterocycles. The lowest BCUT2D eigenvalue weighted by atomic mass is 9.92. The van der Waals surface area contributed by atoms with Crippen molar-refractivity contribution in [2.45, 2.75) is 38.1 Å². The van der Waals surface area contributed by atoms with E-state index in [1.807, 2.05) is 36.4 Å². The molecule has 0 aliphatic carbocycles. The SMILES string of the molecule is CC(=O)OC1CC(CO)OC(c2c(OCC=O)ccc3ccccc23)C1. The summed E-state index contributed by atoms with van der Waals surface area (Å²) in [6.45, 7) is 1.15. The van der Waals surface area contributed by atoms with Gasteiger partial charge in [-0.2, -0.15) is 0 Å². The Bertz CT molecular complexity index is 787. The number of carbonyl (C=O) groups excluding carboxylic acids is 2. The van der Waals surface area contributed by atoms with Gasteiger partial charge in [-0.25, -0.2) is 0 Å². The van der Waals surface area contributed by atoms with Gasteiger partial charge in [0.15, 0.2) is 6.29 Å². The third kappa shape index (κ3) is 4.03. The molecule has 138 valence electrons. The number of aliphatic hydroxyl groups is 1. The van der Waals surface area contributed by atoms with Gasteiger partial charge >= 0.3 is 5.97 Å². The molecule has 1 heterocycles. The number of fused-ring (bicyclic) bond motifs is 1. The van der Waals surface area contributed by atoms with Crippen LogP contribution < -0.4 is 4.74 Å². The lowest BCUT2D eigenvalue weighted by Gasteiger charge is -2.35. The first-order valence-corrected chi connectivity index (χ1v) is 8.64. The Morgan fingerprint density at radius 3 is 2.81 bits per heavy atom. The second-order valence-corrected chi connectivity index (χ2v) is 6.31. The van der Waals surface area contributed by atoms with Crippen LogP contribution in [0.15, 0.2) is 36.4 Å². The standard InChI is InChI=1S/C20H22O6/c1-13(23)25-15-10-16(12-22)26-19(11-15)20-17-5-3-2-4-14(17)6-7-18(20)24-9-8-21/h2-8,15-16,19,22H,9-12H2,1H3. The first-order chi connectivity index (χ1) is 12.6. The Hall–Kier alpha value is -2.44. The molecule has 3 rings (SSSR count). The monoisotopic (exact) mass is 358 g/mol. The second kappa shape index (κ2) is 8.29. The van der Waals surface area contributed by atoms with E-state index in [-0.39, 0.29) is 25.3 Å². The van der Waals surface area contributed by atoms with Gasteiger partial charge in [-0.1, -0.05) is 30.3 Å². The third-order valence-electron chi connectivity index (χ3n) is 4.46. The summed E-state index contributed by atoms with van der Waals surface area (Å²) >= 11 is 0. The van der Waals surface area contributed by atoms with Crippen molar-refractivity contribution < 1.29 is 28.9 Å². The van der Waals surface area contributed by atoms with Crippen LogP contribution in [0.2, 0.25) is 0 Å². The molecule has 6 nitrogen and oxygen atoms in total. The summed E-state index contributed by atoms with van der Waals surface area (Å²) in [5.41, 5.74) is 0.806. The molecule has 6 heteroatoms. The van der Waals surface area contributed by atoms with E-state index in [1.54, 1.807) is 0 Å². The third-order valence-corrected chi connectivity index (χ3v) is 4.46. The van der Waals surface area contributed by atoms with Crippen LogP contribution >= 0.6 is 0 Å². The summed E-state index contributed by atoms with van der Waals surface area (Å²) in [6, 6.07) is 11.6. The van der Waals surface area contributed by atoms with Crippen LogP contribution in [0.4, 0.5) is 0 Å². The molecule has 2 aromatic rings. The zero-order valence-corrected chi connectivity index (χ0v) is 14.6. The topological polar surface area (TPSA) is 82.1 Å². The minimum absolute atomic E-state index is 0.0607. The lowest BCUT2D eigenvalue weighted by Crippen LogP contribution is -2.36. The molecule has 0 spiro atoms. The number of esters is 1. The van der Waals surface area contributed by atoms with Crippen molar-refractivity contribution in [3.8, 4) is 5.75 Å². The van der Waals surface area contributed by atoms with Crippen LogP contribution in [0.3, 0.4) is 0 Å². The maximum Gasteiger partial charge on any atom is 0.302 e. The highest BCUT2D eigenvalue weighted by Gasteiger charge is 2.34. The molecule has 0 amide bonds.